The van der Waals surface area contributed by atoms with Gasteiger partial charge in [0, 0.05) is 20.0 Å². The Morgan fingerprint density at radius 1 is 1.12 bits per heavy atom. The van der Waals surface area contributed by atoms with Crippen LogP contribution in [0.1, 0.15) is 18.4 Å². The number of rotatable bonds is 2. The van der Waals surface area contributed by atoms with Gasteiger partial charge in [0.15, 0.2) is 0 Å². The van der Waals surface area contributed by atoms with E-state index in [1.807, 2.05) is 24.3 Å². The summed E-state index contributed by atoms with van der Waals surface area (Å²) in [5.41, 5.74) is 0.325. The molecule has 0 aliphatic heterocycles. The Morgan fingerprint density at radius 2 is 1.82 bits per heavy atom. The molecule has 3 rings (SSSR count). The third-order valence-corrected chi connectivity index (χ3v) is 3.76. The van der Waals surface area contributed by atoms with Crippen molar-refractivity contribution in [1.82, 2.24) is 0 Å². The van der Waals surface area contributed by atoms with Gasteiger partial charge >= 0.3 is 0 Å². The highest BCUT2D eigenvalue weighted by Crippen LogP contribution is 2.44. The van der Waals surface area contributed by atoms with E-state index >= 15 is 0 Å². The predicted molar refractivity (Wildman–Crippen MR) is 67.9 cm³/mol. The zero-order valence-electron chi connectivity index (χ0n) is 9.89. The smallest absolute Gasteiger partial charge is 0.0951 e. The second kappa shape index (κ2) is 3.83. The second-order valence-electron chi connectivity index (χ2n) is 4.82. The summed E-state index contributed by atoms with van der Waals surface area (Å²) in [6.45, 7) is 0. The molecule has 0 bridgehead atoms. The maximum absolute atomic E-state index is 10.6. The number of benzene rings is 2. The Labute approximate surface area is 101 Å². The third-order valence-electron chi connectivity index (χ3n) is 3.76. The summed E-state index contributed by atoms with van der Waals surface area (Å²) < 4.78 is 5.26. The van der Waals surface area contributed by atoms with E-state index in [1.165, 1.54) is 5.39 Å². The molecule has 1 fully saturated rings. The van der Waals surface area contributed by atoms with Gasteiger partial charge in [0.05, 0.1) is 11.7 Å². The van der Waals surface area contributed by atoms with Crippen molar-refractivity contribution >= 4 is 10.8 Å². The van der Waals surface area contributed by atoms with Crippen molar-refractivity contribution in [2.45, 2.75) is 24.5 Å². The zero-order valence-corrected chi connectivity index (χ0v) is 9.89. The van der Waals surface area contributed by atoms with Gasteiger partial charge in [0.1, 0.15) is 0 Å². The molecule has 0 aromatic heterocycles. The van der Waals surface area contributed by atoms with E-state index in [-0.39, 0.29) is 6.10 Å². The molecule has 0 atom stereocenters. The van der Waals surface area contributed by atoms with Gasteiger partial charge in [0.2, 0.25) is 0 Å². The van der Waals surface area contributed by atoms with E-state index in [2.05, 4.69) is 18.2 Å². The number of hydrogen-bond acceptors (Lipinski definition) is 2. The quantitative estimate of drug-likeness (QED) is 0.856. The lowest BCUT2D eigenvalue weighted by atomic mass is 9.71. The molecule has 1 aliphatic carbocycles. The van der Waals surface area contributed by atoms with Crippen LogP contribution in [0.15, 0.2) is 42.5 Å². The maximum Gasteiger partial charge on any atom is 0.0951 e. The fraction of sp³-hybridized carbons (Fsp3) is 0.333. The molecule has 17 heavy (non-hydrogen) atoms. The molecule has 1 N–H and O–H groups in total. The molecular weight excluding hydrogens is 212 g/mol. The minimum absolute atomic E-state index is 0.193. The first-order valence-corrected chi connectivity index (χ1v) is 5.96. The van der Waals surface area contributed by atoms with Gasteiger partial charge in [-0.1, -0.05) is 42.5 Å². The SMILES string of the molecule is COC1CC(O)(c2cccc3ccccc23)C1. The average molecular weight is 228 g/mol. The molecular formula is C15H16O2. The van der Waals surface area contributed by atoms with E-state index in [4.69, 9.17) is 4.74 Å². The molecule has 2 heteroatoms. The van der Waals surface area contributed by atoms with E-state index in [1.54, 1.807) is 7.11 Å². The first-order valence-electron chi connectivity index (χ1n) is 5.96. The average Bonchev–Trinajstić information content (AvgIpc) is 2.34. The van der Waals surface area contributed by atoms with Crippen LogP contribution in [0.2, 0.25) is 0 Å². The minimum atomic E-state index is -0.707. The van der Waals surface area contributed by atoms with Crippen LogP contribution in [0.5, 0.6) is 0 Å². The molecule has 0 heterocycles. The van der Waals surface area contributed by atoms with Crippen molar-refractivity contribution in [3.8, 4) is 0 Å². The van der Waals surface area contributed by atoms with Crippen LogP contribution in [-0.4, -0.2) is 18.3 Å². The van der Waals surface area contributed by atoms with Gasteiger partial charge in [-0.25, -0.2) is 0 Å². The van der Waals surface area contributed by atoms with Crippen LogP contribution in [0, 0.1) is 0 Å². The molecule has 0 saturated heterocycles. The largest absolute Gasteiger partial charge is 0.385 e. The summed E-state index contributed by atoms with van der Waals surface area (Å²) >= 11 is 0. The van der Waals surface area contributed by atoms with E-state index in [9.17, 15) is 5.11 Å². The number of aliphatic hydroxyl groups is 1. The molecule has 0 unspecified atom stereocenters. The molecule has 88 valence electrons. The summed E-state index contributed by atoms with van der Waals surface area (Å²) in [5.74, 6) is 0. The van der Waals surface area contributed by atoms with Crippen molar-refractivity contribution in [3.63, 3.8) is 0 Å². The molecule has 2 aromatic rings. The van der Waals surface area contributed by atoms with Gasteiger partial charge in [0.25, 0.3) is 0 Å². The molecule has 1 saturated carbocycles. The Bertz CT molecular complexity index is 536. The van der Waals surface area contributed by atoms with E-state index in [0.29, 0.717) is 12.8 Å². The Kier molecular flexibility index (Phi) is 2.42. The number of fused-ring (bicyclic) bond motifs is 1. The van der Waals surface area contributed by atoms with E-state index < -0.39 is 5.60 Å². The highest BCUT2D eigenvalue weighted by atomic mass is 16.5. The number of ether oxygens (including phenoxy) is 1. The summed E-state index contributed by atoms with van der Waals surface area (Å²) in [7, 11) is 1.70. The first-order chi connectivity index (χ1) is 8.23. The van der Waals surface area contributed by atoms with Gasteiger partial charge in [-0.2, -0.15) is 0 Å². The van der Waals surface area contributed by atoms with Crippen molar-refractivity contribution in [3.05, 3.63) is 48.0 Å². The summed E-state index contributed by atoms with van der Waals surface area (Å²) in [6, 6.07) is 14.3. The lowest BCUT2D eigenvalue weighted by Crippen LogP contribution is -2.45. The Morgan fingerprint density at radius 3 is 2.59 bits per heavy atom. The van der Waals surface area contributed by atoms with Crippen molar-refractivity contribution in [1.29, 1.82) is 0 Å². The summed E-state index contributed by atoms with van der Waals surface area (Å²) in [5, 5.41) is 12.9. The van der Waals surface area contributed by atoms with Crippen molar-refractivity contribution in [2.75, 3.05) is 7.11 Å². The standard InChI is InChI=1S/C15H16O2/c1-17-12-9-15(16,10-12)14-8-4-6-11-5-2-3-7-13(11)14/h2-8,12,16H,9-10H2,1H3. The predicted octanol–water partition coefficient (Wildman–Crippen LogP) is 2.84. The van der Waals surface area contributed by atoms with Gasteiger partial charge in [-0.3, -0.25) is 0 Å². The number of methoxy groups -OCH3 is 1. The fourth-order valence-corrected chi connectivity index (χ4v) is 2.71. The molecule has 0 radical (unpaired) electrons. The van der Waals surface area contributed by atoms with Crippen LogP contribution in [0.25, 0.3) is 10.8 Å². The highest BCUT2D eigenvalue weighted by molar-refractivity contribution is 5.86. The molecule has 1 aliphatic rings. The maximum atomic E-state index is 10.6. The van der Waals surface area contributed by atoms with E-state index in [0.717, 1.165) is 10.9 Å². The second-order valence-corrected chi connectivity index (χ2v) is 4.82. The van der Waals surface area contributed by atoms with Crippen LogP contribution in [0.4, 0.5) is 0 Å². The minimum Gasteiger partial charge on any atom is -0.385 e. The molecule has 2 aromatic carbocycles. The first kappa shape index (κ1) is 10.8. The van der Waals surface area contributed by atoms with Crippen molar-refractivity contribution in [2.24, 2.45) is 0 Å². The molecule has 2 nitrogen and oxygen atoms in total. The monoisotopic (exact) mass is 228 g/mol. The third kappa shape index (κ3) is 1.65. The van der Waals surface area contributed by atoms with Crippen LogP contribution >= 0.6 is 0 Å². The molecule has 0 amide bonds. The highest BCUT2D eigenvalue weighted by Gasteiger charge is 2.44. The molecule has 0 spiro atoms. The Balaban J connectivity index is 2.07. The topological polar surface area (TPSA) is 29.5 Å². The van der Waals surface area contributed by atoms with Crippen LogP contribution < -0.4 is 0 Å². The number of hydrogen-bond donors (Lipinski definition) is 1. The zero-order chi connectivity index (χ0) is 11.9. The van der Waals surface area contributed by atoms with Crippen LogP contribution in [0.3, 0.4) is 0 Å². The van der Waals surface area contributed by atoms with Gasteiger partial charge in [-0.15, -0.1) is 0 Å². The lowest BCUT2D eigenvalue weighted by Gasteiger charge is -2.43. The van der Waals surface area contributed by atoms with Crippen molar-refractivity contribution < 1.29 is 9.84 Å². The Hall–Kier alpha value is -1.38. The summed E-state index contributed by atoms with van der Waals surface area (Å²) in [6.07, 6.45) is 1.58. The summed E-state index contributed by atoms with van der Waals surface area (Å²) in [4.78, 5) is 0. The normalized spacial score (nSPS) is 28.0. The lowest BCUT2D eigenvalue weighted by molar-refractivity contribution is -0.132. The fourth-order valence-electron chi connectivity index (χ4n) is 2.71. The van der Waals surface area contributed by atoms with Gasteiger partial charge in [-0.05, 0) is 16.3 Å². The van der Waals surface area contributed by atoms with Gasteiger partial charge < -0.3 is 9.84 Å². The van der Waals surface area contributed by atoms with Crippen LogP contribution in [-0.2, 0) is 10.3 Å².